The van der Waals surface area contributed by atoms with Crippen LogP contribution in [-0.4, -0.2) is 0 Å². The summed E-state index contributed by atoms with van der Waals surface area (Å²) in [5, 5.41) is 2.73. The van der Waals surface area contributed by atoms with E-state index in [0.717, 1.165) is 6.42 Å². The summed E-state index contributed by atoms with van der Waals surface area (Å²) in [5.41, 5.74) is 1.44. The van der Waals surface area contributed by atoms with E-state index in [9.17, 15) is 0 Å². The molecule has 76 valence electrons. The molecular weight excluding hydrogens is 470 g/mol. The maximum atomic E-state index is 2.26. The molecule has 0 atom stereocenters. The third-order valence-electron chi connectivity index (χ3n) is 2.09. The van der Waals surface area contributed by atoms with Crippen LogP contribution in [0.15, 0.2) is 36.4 Å². The van der Waals surface area contributed by atoms with Gasteiger partial charge in [0.1, 0.15) is 0 Å². The van der Waals surface area contributed by atoms with Gasteiger partial charge in [0.15, 0.2) is 0 Å². The Morgan fingerprint density at radius 3 is 2.36 bits per heavy atom. The van der Waals surface area contributed by atoms with E-state index in [4.69, 9.17) is 0 Å². The molecular formula is C11H11Br2Hf-3. The SMILES string of the molecule is CCc1cc2ccccc2[cH-]1.[Br-].[Br-].[Hf]. The van der Waals surface area contributed by atoms with Gasteiger partial charge >= 0.3 is 0 Å². The zero-order chi connectivity index (χ0) is 7.68. The van der Waals surface area contributed by atoms with Gasteiger partial charge in [-0.25, -0.2) is 0 Å². The number of benzene rings is 1. The van der Waals surface area contributed by atoms with E-state index in [1.54, 1.807) is 0 Å². The van der Waals surface area contributed by atoms with E-state index in [2.05, 4.69) is 43.3 Å². The summed E-state index contributed by atoms with van der Waals surface area (Å²) in [4.78, 5) is 0. The molecule has 0 radical (unpaired) electrons. The van der Waals surface area contributed by atoms with Crippen LogP contribution in [-0.2, 0) is 32.3 Å². The molecule has 3 heteroatoms. The van der Waals surface area contributed by atoms with Crippen LogP contribution in [0.3, 0.4) is 0 Å². The van der Waals surface area contributed by atoms with Crippen molar-refractivity contribution in [1.82, 2.24) is 0 Å². The first-order chi connectivity index (χ1) is 5.40. The summed E-state index contributed by atoms with van der Waals surface area (Å²) in [5.74, 6) is 0. The Labute approximate surface area is 125 Å². The Bertz CT molecular complexity index is 335. The number of hydrogen-bond acceptors (Lipinski definition) is 0. The predicted octanol–water partition coefficient (Wildman–Crippen LogP) is -2.87. The topological polar surface area (TPSA) is 0 Å². The molecule has 0 amide bonds. The van der Waals surface area contributed by atoms with Gasteiger partial charge in [0.2, 0.25) is 0 Å². The second-order valence-corrected chi connectivity index (χ2v) is 2.85. The van der Waals surface area contributed by atoms with Crippen molar-refractivity contribution in [2.24, 2.45) is 0 Å². The van der Waals surface area contributed by atoms with Crippen molar-refractivity contribution in [3.8, 4) is 0 Å². The molecule has 0 aliphatic carbocycles. The Balaban J connectivity index is 0. The number of hydrogen-bond donors (Lipinski definition) is 0. The summed E-state index contributed by atoms with van der Waals surface area (Å²) in [6, 6.07) is 13.0. The van der Waals surface area contributed by atoms with E-state index in [1.807, 2.05) is 0 Å². The normalized spacial score (nSPS) is 8.36. The molecule has 0 aromatic heterocycles. The molecule has 0 aliphatic heterocycles. The van der Waals surface area contributed by atoms with Gasteiger partial charge in [0, 0.05) is 25.8 Å². The van der Waals surface area contributed by atoms with E-state index < -0.39 is 0 Å². The second kappa shape index (κ2) is 7.89. The predicted molar refractivity (Wildman–Crippen MR) is 48.9 cm³/mol. The molecule has 0 fully saturated rings. The summed E-state index contributed by atoms with van der Waals surface area (Å²) in [7, 11) is 0. The number of rotatable bonds is 1. The van der Waals surface area contributed by atoms with E-state index in [-0.39, 0.29) is 59.8 Å². The third-order valence-corrected chi connectivity index (χ3v) is 2.09. The van der Waals surface area contributed by atoms with Crippen molar-refractivity contribution >= 4 is 10.8 Å². The van der Waals surface area contributed by atoms with Crippen LogP contribution in [0.4, 0.5) is 0 Å². The minimum atomic E-state index is 0. The standard InChI is InChI=1S/C11H11.2BrH.Hf/c1-2-9-7-10-5-3-4-6-11(10)8-9;;;/h3-8H,2H2,1H3;2*1H;/q-1;;;/p-2. The first-order valence-electron chi connectivity index (χ1n) is 4.04. The maximum absolute atomic E-state index is 2.26. The fraction of sp³-hybridized carbons (Fsp3) is 0.182. The maximum Gasteiger partial charge on any atom is 0 e. The minimum absolute atomic E-state index is 0. The van der Waals surface area contributed by atoms with Gasteiger partial charge < -0.3 is 34.0 Å². The minimum Gasteiger partial charge on any atom is -1.00 e. The molecule has 0 saturated carbocycles. The zero-order valence-corrected chi connectivity index (χ0v) is 14.7. The summed E-state index contributed by atoms with van der Waals surface area (Å²) >= 11 is 0. The van der Waals surface area contributed by atoms with Crippen LogP contribution in [0.2, 0.25) is 0 Å². The number of halogens is 2. The Kier molecular flexibility index (Phi) is 9.62. The van der Waals surface area contributed by atoms with Crippen molar-refractivity contribution in [2.45, 2.75) is 13.3 Å². The first-order valence-corrected chi connectivity index (χ1v) is 4.04. The molecule has 0 nitrogen and oxygen atoms in total. The van der Waals surface area contributed by atoms with Gasteiger partial charge in [0.25, 0.3) is 0 Å². The molecule has 2 rings (SSSR count). The molecule has 2 aromatic rings. The van der Waals surface area contributed by atoms with Gasteiger partial charge in [0.05, 0.1) is 0 Å². The third kappa shape index (κ3) is 3.67. The fourth-order valence-corrected chi connectivity index (χ4v) is 1.42. The van der Waals surface area contributed by atoms with Crippen LogP contribution >= 0.6 is 0 Å². The van der Waals surface area contributed by atoms with Crippen LogP contribution in [0.1, 0.15) is 12.5 Å². The smallest absolute Gasteiger partial charge is 0 e. The molecule has 2 aromatic carbocycles. The summed E-state index contributed by atoms with van der Waals surface area (Å²) in [6.07, 6.45) is 1.13. The number of fused-ring (bicyclic) bond motifs is 1. The first kappa shape index (κ1) is 17.1. The van der Waals surface area contributed by atoms with E-state index in [1.165, 1.54) is 16.3 Å². The summed E-state index contributed by atoms with van der Waals surface area (Å²) < 4.78 is 0. The molecule has 14 heavy (non-hydrogen) atoms. The molecule has 0 heterocycles. The van der Waals surface area contributed by atoms with Crippen LogP contribution in [0, 0.1) is 0 Å². The van der Waals surface area contributed by atoms with Gasteiger partial charge in [-0.2, -0.15) is 6.07 Å². The average molecular weight is 482 g/mol. The number of aryl methyl sites for hydroxylation is 1. The van der Waals surface area contributed by atoms with Crippen LogP contribution in [0.5, 0.6) is 0 Å². The average Bonchev–Trinajstić information content (AvgIpc) is 2.46. The van der Waals surface area contributed by atoms with E-state index in [0.29, 0.717) is 0 Å². The molecule has 0 unspecified atom stereocenters. The molecule has 0 saturated heterocycles. The van der Waals surface area contributed by atoms with Crippen molar-refractivity contribution in [1.29, 1.82) is 0 Å². The molecule has 0 N–H and O–H groups in total. The molecule has 0 aliphatic rings. The Morgan fingerprint density at radius 2 is 1.79 bits per heavy atom. The Hall–Kier alpha value is 0.660. The monoisotopic (exact) mass is 481 g/mol. The van der Waals surface area contributed by atoms with Crippen molar-refractivity contribution in [3.05, 3.63) is 42.0 Å². The van der Waals surface area contributed by atoms with Gasteiger partial charge in [-0.3, -0.25) is 0 Å². The largest absolute Gasteiger partial charge is 1.00 e. The summed E-state index contributed by atoms with van der Waals surface area (Å²) in [6.45, 7) is 2.19. The van der Waals surface area contributed by atoms with Crippen molar-refractivity contribution in [2.75, 3.05) is 0 Å². The zero-order valence-electron chi connectivity index (χ0n) is 7.93. The molecule has 0 bridgehead atoms. The second-order valence-electron chi connectivity index (χ2n) is 2.85. The van der Waals surface area contributed by atoms with Crippen molar-refractivity contribution in [3.63, 3.8) is 0 Å². The van der Waals surface area contributed by atoms with Gasteiger partial charge in [-0.1, -0.05) is 13.0 Å². The van der Waals surface area contributed by atoms with Crippen LogP contribution < -0.4 is 34.0 Å². The van der Waals surface area contributed by atoms with E-state index >= 15 is 0 Å². The van der Waals surface area contributed by atoms with Gasteiger partial charge in [-0.05, 0) is 6.42 Å². The van der Waals surface area contributed by atoms with Gasteiger partial charge in [-0.15, -0.1) is 40.6 Å². The van der Waals surface area contributed by atoms with Crippen molar-refractivity contribution < 1.29 is 59.8 Å². The van der Waals surface area contributed by atoms with Crippen LogP contribution in [0.25, 0.3) is 10.8 Å². The Morgan fingerprint density at radius 1 is 1.14 bits per heavy atom. The fourth-order valence-electron chi connectivity index (χ4n) is 1.42. The quantitative estimate of drug-likeness (QED) is 0.304. The molecule has 0 spiro atoms.